The Kier molecular flexibility index (Phi) is 3.96. The number of ether oxygens (including phenoxy) is 1. The van der Waals surface area contributed by atoms with E-state index in [4.69, 9.17) is 20.8 Å². The van der Waals surface area contributed by atoms with Gasteiger partial charge in [0.2, 0.25) is 0 Å². The molecule has 17 heavy (non-hydrogen) atoms. The van der Waals surface area contributed by atoms with E-state index in [1.54, 1.807) is 42.7 Å². The Morgan fingerprint density at radius 1 is 1.24 bits per heavy atom. The molecule has 0 saturated carbocycles. The van der Waals surface area contributed by atoms with Gasteiger partial charge in [0.25, 0.3) is 0 Å². The zero-order chi connectivity index (χ0) is 12.1. The lowest BCUT2D eigenvalue weighted by atomic mass is 10.1. The molecule has 0 spiro atoms. The number of benzene rings is 1. The monoisotopic (exact) mass is 250 g/mol. The Morgan fingerprint density at radius 2 is 2.00 bits per heavy atom. The number of halogens is 1. The summed E-state index contributed by atoms with van der Waals surface area (Å²) in [6.45, 7) is 0.328. The van der Waals surface area contributed by atoms with Gasteiger partial charge in [-0.2, -0.15) is 0 Å². The molecule has 88 valence electrons. The summed E-state index contributed by atoms with van der Waals surface area (Å²) in [5, 5.41) is 0.609. The molecule has 4 heteroatoms. The molecule has 1 aromatic heterocycles. The van der Waals surface area contributed by atoms with Crippen LogP contribution in [-0.2, 0) is 11.3 Å². The Hall–Kier alpha value is -1.58. The smallest absolute Gasteiger partial charge is 0.188 e. The molecule has 0 fully saturated rings. The van der Waals surface area contributed by atoms with Crippen molar-refractivity contribution in [1.29, 1.82) is 0 Å². The average molecular weight is 251 g/mol. The third-order valence-corrected chi connectivity index (χ3v) is 2.48. The summed E-state index contributed by atoms with van der Waals surface area (Å²) >= 11 is 5.73. The van der Waals surface area contributed by atoms with Crippen LogP contribution < -0.4 is 0 Å². The van der Waals surface area contributed by atoms with Crippen molar-refractivity contribution in [3.05, 3.63) is 59.0 Å². The van der Waals surface area contributed by atoms with E-state index in [0.717, 1.165) is 0 Å². The van der Waals surface area contributed by atoms with E-state index in [0.29, 0.717) is 23.0 Å². The molecule has 0 aliphatic rings. The summed E-state index contributed by atoms with van der Waals surface area (Å²) in [5.41, 5.74) is 0.592. The average Bonchev–Trinajstić information content (AvgIpc) is 2.83. The Labute approximate surface area is 104 Å². The van der Waals surface area contributed by atoms with Crippen LogP contribution in [0.1, 0.15) is 16.1 Å². The molecule has 1 heterocycles. The van der Waals surface area contributed by atoms with Crippen LogP contribution in [0.15, 0.2) is 47.1 Å². The number of rotatable bonds is 5. The number of hydrogen-bond acceptors (Lipinski definition) is 3. The quantitative estimate of drug-likeness (QED) is 0.764. The second-order valence-corrected chi connectivity index (χ2v) is 3.94. The van der Waals surface area contributed by atoms with Crippen molar-refractivity contribution in [2.75, 3.05) is 6.61 Å². The highest BCUT2D eigenvalue weighted by atomic mass is 35.5. The molecule has 3 nitrogen and oxygen atoms in total. The highest BCUT2D eigenvalue weighted by Crippen LogP contribution is 2.10. The van der Waals surface area contributed by atoms with Crippen LogP contribution in [0.4, 0.5) is 0 Å². The van der Waals surface area contributed by atoms with Crippen molar-refractivity contribution in [2.24, 2.45) is 0 Å². The van der Waals surface area contributed by atoms with Gasteiger partial charge < -0.3 is 9.15 Å². The van der Waals surface area contributed by atoms with Crippen LogP contribution in [0.3, 0.4) is 0 Å². The Bertz CT molecular complexity index is 474. The molecule has 0 saturated heterocycles. The van der Waals surface area contributed by atoms with E-state index >= 15 is 0 Å². The fraction of sp³-hybridized carbons (Fsp3) is 0.154. The minimum atomic E-state index is -0.0757. The minimum absolute atomic E-state index is 0.0301. The van der Waals surface area contributed by atoms with Crippen LogP contribution in [-0.4, -0.2) is 12.4 Å². The molecule has 0 aliphatic heterocycles. The molecule has 0 atom stereocenters. The van der Waals surface area contributed by atoms with Crippen molar-refractivity contribution in [3.63, 3.8) is 0 Å². The second-order valence-electron chi connectivity index (χ2n) is 3.50. The third-order valence-electron chi connectivity index (χ3n) is 2.22. The van der Waals surface area contributed by atoms with Gasteiger partial charge >= 0.3 is 0 Å². The summed E-state index contributed by atoms with van der Waals surface area (Å²) < 4.78 is 10.3. The molecule has 0 N–H and O–H groups in total. The van der Waals surface area contributed by atoms with Crippen molar-refractivity contribution < 1.29 is 13.9 Å². The van der Waals surface area contributed by atoms with Crippen molar-refractivity contribution in [2.45, 2.75) is 6.61 Å². The van der Waals surface area contributed by atoms with Gasteiger partial charge in [0.1, 0.15) is 19.0 Å². The highest BCUT2D eigenvalue weighted by Gasteiger charge is 2.06. The molecule has 0 radical (unpaired) electrons. The van der Waals surface area contributed by atoms with Gasteiger partial charge in [-0.3, -0.25) is 4.79 Å². The first-order valence-electron chi connectivity index (χ1n) is 5.14. The van der Waals surface area contributed by atoms with Gasteiger partial charge in [-0.25, -0.2) is 0 Å². The number of furan rings is 1. The standard InChI is InChI=1S/C13H11ClO3/c14-11-5-3-10(4-6-11)13(15)9-16-8-12-2-1-7-17-12/h1-7H,8-9H2. The summed E-state index contributed by atoms with van der Waals surface area (Å²) in [6.07, 6.45) is 1.57. The predicted molar refractivity (Wildman–Crippen MR) is 64.1 cm³/mol. The van der Waals surface area contributed by atoms with E-state index in [2.05, 4.69) is 0 Å². The maximum atomic E-state index is 11.7. The molecule has 0 amide bonds. The Balaban J connectivity index is 1.83. The molecular weight excluding hydrogens is 240 g/mol. The van der Waals surface area contributed by atoms with Crippen molar-refractivity contribution >= 4 is 17.4 Å². The summed E-state index contributed by atoms with van der Waals surface area (Å²) in [5.74, 6) is 0.627. The number of hydrogen-bond donors (Lipinski definition) is 0. The van der Waals surface area contributed by atoms with Gasteiger partial charge in [0, 0.05) is 10.6 Å². The first-order chi connectivity index (χ1) is 8.25. The molecular formula is C13H11ClO3. The molecule has 2 rings (SSSR count). The van der Waals surface area contributed by atoms with Gasteiger partial charge in [0.15, 0.2) is 5.78 Å². The van der Waals surface area contributed by atoms with Crippen molar-refractivity contribution in [3.8, 4) is 0 Å². The zero-order valence-corrected chi connectivity index (χ0v) is 9.81. The zero-order valence-electron chi connectivity index (χ0n) is 9.06. The maximum absolute atomic E-state index is 11.7. The van der Waals surface area contributed by atoms with Gasteiger partial charge in [-0.1, -0.05) is 11.6 Å². The fourth-order valence-electron chi connectivity index (χ4n) is 1.36. The summed E-state index contributed by atoms with van der Waals surface area (Å²) in [6, 6.07) is 10.3. The summed E-state index contributed by atoms with van der Waals surface area (Å²) in [4.78, 5) is 11.7. The fourth-order valence-corrected chi connectivity index (χ4v) is 1.48. The maximum Gasteiger partial charge on any atom is 0.188 e. The molecule has 0 unspecified atom stereocenters. The first kappa shape index (κ1) is 11.9. The number of carbonyl (C=O) groups is 1. The minimum Gasteiger partial charge on any atom is -0.467 e. The topological polar surface area (TPSA) is 39.4 Å². The normalized spacial score (nSPS) is 10.4. The van der Waals surface area contributed by atoms with Gasteiger partial charge in [0.05, 0.1) is 6.26 Å². The Morgan fingerprint density at radius 3 is 2.65 bits per heavy atom. The van der Waals surface area contributed by atoms with Gasteiger partial charge in [-0.05, 0) is 36.4 Å². The predicted octanol–water partition coefficient (Wildman–Crippen LogP) is 3.33. The van der Waals surface area contributed by atoms with Crippen LogP contribution >= 0.6 is 11.6 Å². The van der Waals surface area contributed by atoms with Crippen LogP contribution in [0.2, 0.25) is 5.02 Å². The van der Waals surface area contributed by atoms with Gasteiger partial charge in [-0.15, -0.1) is 0 Å². The van der Waals surface area contributed by atoms with Crippen molar-refractivity contribution in [1.82, 2.24) is 0 Å². The first-order valence-corrected chi connectivity index (χ1v) is 5.52. The largest absolute Gasteiger partial charge is 0.467 e. The SMILES string of the molecule is O=C(COCc1ccco1)c1ccc(Cl)cc1. The van der Waals surface area contributed by atoms with E-state index in [1.807, 2.05) is 0 Å². The third kappa shape index (κ3) is 3.44. The molecule has 0 bridgehead atoms. The van der Waals surface area contributed by atoms with Crippen LogP contribution in [0.5, 0.6) is 0 Å². The number of ketones is 1. The number of carbonyl (C=O) groups excluding carboxylic acids is 1. The van der Waals surface area contributed by atoms with E-state index in [1.165, 1.54) is 0 Å². The van der Waals surface area contributed by atoms with E-state index in [-0.39, 0.29) is 12.4 Å². The lowest BCUT2D eigenvalue weighted by Gasteiger charge is -2.02. The molecule has 1 aromatic carbocycles. The molecule has 2 aromatic rings. The number of Topliss-reactive ketones (excluding diaryl/α,β-unsaturated/α-hetero) is 1. The molecule has 0 aliphatic carbocycles. The van der Waals surface area contributed by atoms with Crippen LogP contribution in [0, 0.1) is 0 Å². The second kappa shape index (κ2) is 5.66. The van der Waals surface area contributed by atoms with Crippen LogP contribution in [0.25, 0.3) is 0 Å². The lowest BCUT2D eigenvalue weighted by Crippen LogP contribution is -2.08. The van der Waals surface area contributed by atoms with E-state index in [9.17, 15) is 4.79 Å². The van der Waals surface area contributed by atoms with E-state index < -0.39 is 0 Å². The lowest BCUT2D eigenvalue weighted by molar-refractivity contribution is 0.0691. The summed E-state index contributed by atoms with van der Waals surface area (Å²) in [7, 11) is 0. The highest BCUT2D eigenvalue weighted by molar-refractivity contribution is 6.30.